The molecule has 2 fully saturated rings. The van der Waals surface area contributed by atoms with E-state index in [2.05, 4.69) is 0 Å². The third-order valence-corrected chi connectivity index (χ3v) is 10.7. The van der Waals surface area contributed by atoms with Gasteiger partial charge in [0.15, 0.2) is 6.10 Å². The molecule has 0 amide bonds. The van der Waals surface area contributed by atoms with Crippen LogP contribution in [-0.2, 0) is 20.7 Å². The first-order valence-electron chi connectivity index (χ1n) is 14.6. The van der Waals surface area contributed by atoms with Crippen molar-refractivity contribution < 1.29 is 38.5 Å². The number of aliphatic carboxylic acids is 1. The van der Waals surface area contributed by atoms with Gasteiger partial charge in [-0.1, -0.05) is 56.7 Å². The lowest BCUT2D eigenvalue weighted by Gasteiger charge is -2.68. The third kappa shape index (κ3) is 3.95. The van der Waals surface area contributed by atoms with Crippen molar-refractivity contribution >= 4 is 17.9 Å². The number of esters is 2. The number of rotatable bonds is 5. The number of benzene rings is 2. The van der Waals surface area contributed by atoms with Gasteiger partial charge in [0, 0.05) is 17.8 Å². The van der Waals surface area contributed by atoms with Crippen molar-refractivity contribution in [3.05, 3.63) is 95.4 Å². The van der Waals surface area contributed by atoms with E-state index in [9.17, 15) is 24.6 Å². The van der Waals surface area contributed by atoms with E-state index in [1.165, 1.54) is 6.92 Å². The molecule has 2 saturated carbocycles. The van der Waals surface area contributed by atoms with Crippen LogP contribution in [0.25, 0.3) is 0 Å². The van der Waals surface area contributed by atoms with E-state index in [0.717, 1.165) is 11.3 Å². The zero-order chi connectivity index (χ0) is 29.9. The van der Waals surface area contributed by atoms with Crippen LogP contribution < -0.4 is 0 Å². The number of carbonyl (C=O) groups excluding carboxylic acids is 2. The van der Waals surface area contributed by atoms with Crippen molar-refractivity contribution in [2.24, 2.45) is 22.7 Å². The van der Waals surface area contributed by atoms with Crippen LogP contribution in [0.1, 0.15) is 78.0 Å². The minimum absolute atomic E-state index is 0.173. The van der Waals surface area contributed by atoms with Crippen LogP contribution in [0.4, 0.5) is 0 Å². The molecule has 42 heavy (non-hydrogen) atoms. The number of furan rings is 1. The molecule has 8 nitrogen and oxygen atoms in total. The molecule has 0 saturated heterocycles. The van der Waals surface area contributed by atoms with Crippen LogP contribution in [0.15, 0.2) is 77.4 Å². The van der Waals surface area contributed by atoms with Crippen LogP contribution in [0.3, 0.4) is 0 Å². The lowest BCUT2D eigenvalue weighted by molar-refractivity contribution is -0.311. The van der Waals surface area contributed by atoms with Crippen LogP contribution in [0, 0.1) is 22.7 Å². The Kier molecular flexibility index (Phi) is 6.80. The zero-order valence-electron chi connectivity index (χ0n) is 24.0. The molecule has 0 bridgehead atoms. The van der Waals surface area contributed by atoms with E-state index >= 15 is 0 Å². The zero-order valence-corrected chi connectivity index (χ0v) is 24.0. The maximum absolute atomic E-state index is 13.7. The third-order valence-electron chi connectivity index (χ3n) is 10.7. The second-order valence-electron chi connectivity index (χ2n) is 12.6. The van der Waals surface area contributed by atoms with E-state index in [0.29, 0.717) is 24.8 Å². The molecule has 8 heteroatoms. The van der Waals surface area contributed by atoms with Gasteiger partial charge in [-0.15, -0.1) is 0 Å². The predicted octanol–water partition coefficient (Wildman–Crippen LogP) is 5.65. The van der Waals surface area contributed by atoms with E-state index in [-0.39, 0.29) is 23.8 Å². The molecular formula is C34H36O8. The number of carboxylic acids is 1. The summed E-state index contributed by atoms with van der Waals surface area (Å²) < 4.78 is 18.4. The number of hydrogen-bond acceptors (Lipinski definition) is 7. The highest BCUT2D eigenvalue weighted by molar-refractivity contribution is 5.90. The number of carboxylic acid groups (broad SMARTS) is 1. The van der Waals surface area contributed by atoms with Crippen molar-refractivity contribution in [3.8, 4) is 0 Å². The van der Waals surface area contributed by atoms with E-state index < -0.39 is 52.5 Å². The number of fused-ring (bicyclic) bond motifs is 4. The second-order valence-corrected chi connectivity index (χ2v) is 12.6. The molecule has 0 aliphatic heterocycles. The fourth-order valence-electron chi connectivity index (χ4n) is 8.43. The molecule has 0 radical (unpaired) electrons. The van der Waals surface area contributed by atoms with Crippen molar-refractivity contribution in [1.82, 2.24) is 0 Å². The average molecular weight is 573 g/mol. The number of hydrogen-bond donors (Lipinski definition) is 2. The maximum atomic E-state index is 13.7. The molecule has 8 atom stereocenters. The normalized spacial score (nSPS) is 35.2. The molecule has 3 aliphatic rings. The smallest absolute Gasteiger partial charge is 0.338 e. The quantitative estimate of drug-likeness (QED) is 0.376. The van der Waals surface area contributed by atoms with Crippen molar-refractivity contribution in [1.29, 1.82) is 0 Å². The van der Waals surface area contributed by atoms with Crippen molar-refractivity contribution in [3.63, 3.8) is 0 Å². The highest BCUT2D eigenvalue weighted by Gasteiger charge is 2.77. The summed E-state index contributed by atoms with van der Waals surface area (Å²) in [6.45, 7) is 5.46. The Balaban J connectivity index is 1.56. The monoisotopic (exact) mass is 572 g/mol. The van der Waals surface area contributed by atoms with Gasteiger partial charge in [0.05, 0.1) is 22.8 Å². The highest BCUT2D eigenvalue weighted by atomic mass is 16.6. The first-order chi connectivity index (χ1) is 20.0. The Labute approximate surface area is 244 Å². The molecule has 1 aromatic heterocycles. The average Bonchev–Trinajstić information content (AvgIpc) is 3.47. The van der Waals surface area contributed by atoms with E-state index in [1.54, 1.807) is 66.9 Å². The molecule has 0 spiro atoms. The Morgan fingerprint density at radius 1 is 0.881 bits per heavy atom. The van der Waals surface area contributed by atoms with E-state index in [1.807, 2.05) is 19.9 Å². The predicted molar refractivity (Wildman–Crippen MR) is 152 cm³/mol. The van der Waals surface area contributed by atoms with Gasteiger partial charge in [-0.25, -0.2) is 9.59 Å². The Bertz CT molecular complexity index is 1500. The summed E-state index contributed by atoms with van der Waals surface area (Å²) in [5.41, 5.74) is -3.27. The SMILES string of the molecule is C[C@H]1c2ccoc2C[C@H]2[C@H]1[C@@H](OC(=O)c1ccccc1)[C@H](OC(=O)c1ccccc1)[C@@]1(O)[C@@](C)(C(=O)O)CCC[C@]21C. The molecule has 3 aliphatic carbocycles. The molecular weight excluding hydrogens is 536 g/mol. The van der Waals surface area contributed by atoms with Crippen LogP contribution in [0.2, 0.25) is 0 Å². The lowest BCUT2D eigenvalue weighted by atomic mass is 9.39. The summed E-state index contributed by atoms with van der Waals surface area (Å²) >= 11 is 0. The summed E-state index contributed by atoms with van der Waals surface area (Å²) in [6, 6.07) is 18.8. The first-order valence-corrected chi connectivity index (χ1v) is 14.6. The van der Waals surface area contributed by atoms with Gasteiger partial charge in [-0.3, -0.25) is 4.79 Å². The Morgan fingerprint density at radius 2 is 1.48 bits per heavy atom. The summed E-state index contributed by atoms with van der Waals surface area (Å²) in [4.78, 5) is 40.4. The lowest BCUT2D eigenvalue weighted by Crippen LogP contribution is -2.79. The van der Waals surface area contributed by atoms with Gasteiger partial charge in [0.2, 0.25) is 0 Å². The van der Waals surface area contributed by atoms with Gasteiger partial charge in [0.25, 0.3) is 0 Å². The standard InChI is InChI=1S/C34H36O8/c1-20-23-15-18-40-25(23)19-24-26(20)27(41-29(35)21-11-6-4-7-12-21)28(42-30(36)22-13-8-5-9-14-22)34(39)32(24,2)16-10-17-33(34,3)31(37)38/h4-9,11-15,18,20,24,26-28,39H,10,16-17,19H2,1-3H3,(H,37,38)/t20-,24-,26-,27+,28-,32+,33+,34-/m0/s1. The number of aliphatic hydroxyl groups is 1. The first kappa shape index (κ1) is 28.2. The van der Waals surface area contributed by atoms with E-state index in [4.69, 9.17) is 13.9 Å². The fraction of sp³-hybridized carbons (Fsp3) is 0.441. The molecule has 220 valence electrons. The van der Waals surface area contributed by atoms with Gasteiger partial charge in [0.1, 0.15) is 17.5 Å². The molecule has 3 aromatic rings. The van der Waals surface area contributed by atoms with Crippen LogP contribution >= 0.6 is 0 Å². The largest absolute Gasteiger partial charge is 0.481 e. The second kappa shape index (κ2) is 10.1. The Morgan fingerprint density at radius 3 is 2.07 bits per heavy atom. The van der Waals surface area contributed by atoms with Crippen LogP contribution in [0.5, 0.6) is 0 Å². The van der Waals surface area contributed by atoms with Gasteiger partial charge < -0.3 is 24.1 Å². The topological polar surface area (TPSA) is 123 Å². The van der Waals surface area contributed by atoms with Gasteiger partial charge in [-0.2, -0.15) is 0 Å². The molecule has 6 rings (SSSR count). The minimum Gasteiger partial charge on any atom is -0.481 e. The molecule has 0 unspecified atom stereocenters. The summed E-state index contributed by atoms with van der Waals surface area (Å²) in [5, 5.41) is 23.8. The molecule has 2 aromatic carbocycles. The highest BCUT2D eigenvalue weighted by Crippen LogP contribution is 2.68. The number of carbonyl (C=O) groups is 3. The molecule has 2 N–H and O–H groups in total. The van der Waals surface area contributed by atoms with Gasteiger partial charge in [-0.05, 0) is 67.5 Å². The fourth-order valence-corrected chi connectivity index (χ4v) is 8.43. The van der Waals surface area contributed by atoms with Crippen molar-refractivity contribution in [2.75, 3.05) is 0 Å². The minimum atomic E-state index is -2.08. The number of ether oxygens (including phenoxy) is 2. The Hall–Kier alpha value is -3.91. The maximum Gasteiger partial charge on any atom is 0.338 e. The van der Waals surface area contributed by atoms with Crippen molar-refractivity contribution in [2.45, 2.75) is 70.2 Å². The molecule has 1 heterocycles. The summed E-state index contributed by atoms with van der Waals surface area (Å²) in [7, 11) is 0. The summed E-state index contributed by atoms with van der Waals surface area (Å²) in [5.74, 6) is -2.67. The van der Waals surface area contributed by atoms with Crippen LogP contribution in [-0.4, -0.2) is 45.9 Å². The summed E-state index contributed by atoms with van der Waals surface area (Å²) in [6.07, 6.45) is 0.724. The van der Waals surface area contributed by atoms with Gasteiger partial charge >= 0.3 is 17.9 Å².